The van der Waals surface area contributed by atoms with Gasteiger partial charge in [0.1, 0.15) is 6.10 Å². The summed E-state index contributed by atoms with van der Waals surface area (Å²) in [5, 5.41) is 6.73. The van der Waals surface area contributed by atoms with E-state index in [1.54, 1.807) is 0 Å². The molecule has 1 aliphatic rings. The zero-order chi connectivity index (χ0) is 12.8. The average molecular weight is 269 g/mol. The van der Waals surface area contributed by atoms with E-state index >= 15 is 0 Å². The Labute approximate surface area is 112 Å². The van der Waals surface area contributed by atoms with E-state index in [1.807, 2.05) is 24.3 Å². The normalized spacial score (nSPS) is 19.5. The first-order chi connectivity index (χ1) is 8.77. The van der Waals surface area contributed by atoms with Crippen molar-refractivity contribution >= 4 is 17.5 Å². The van der Waals surface area contributed by atoms with Gasteiger partial charge in [0.2, 0.25) is 5.91 Å². The van der Waals surface area contributed by atoms with E-state index < -0.39 is 0 Å². The molecule has 2 N–H and O–H groups in total. The van der Waals surface area contributed by atoms with Crippen LogP contribution in [0.5, 0.6) is 0 Å². The number of nitrogens with one attached hydrogen (secondary N) is 2. The lowest BCUT2D eigenvalue weighted by Gasteiger charge is -2.22. The number of benzene rings is 1. The van der Waals surface area contributed by atoms with Crippen molar-refractivity contribution in [3.05, 3.63) is 34.9 Å². The number of carbonyl (C=O) groups excluding carboxylic acids is 1. The Morgan fingerprint density at radius 2 is 2.33 bits per heavy atom. The van der Waals surface area contributed by atoms with E-state index in [4.69, 9.17) is 16.3 Å². The lowest BCUT2D eigenvalue weighted by molar-refractivity contribution is -0.134. The van der Waals surface area contributed by atoms with Gasteiger partial charge < -0.3 is 15.4 Å². The lowest BCUT2D eigenvalue weighted by Crippen LogP contribution is -2.48. The summed E-state index contributed by atoms with van der Waals surface area (Å²) in [5.74, 6) is -0.0609. The fraction of sp³-hybridized carbons (Fsp3) is 0.462. The van der Waals surface area contributed by atoms with Crippen molar-refractivity contribution in [2.24, 2.45) is 0 Å². The van der Waals surface area contributed by atoms with Crippen molar-refractivity contribution in [1.82, 2.24) is 10.6 Å². The van der Waals surface area contributed by atoms with Gasteiger partial charge in [-0.3, -0.25) is 4.79 Å². The van der Waals surface area contributed by atoms with Gasteiger partial charge in [-0.2, -0.15) is 0 Å². The van der Waals surface area contributed by atoms with Crippen molar-refractivity contribution in [1.29, 1.82) is 0 Å². The molecular weight excluding hydrogens is 252 g/mol. The number of halogens is 1. The minimum absolute atomic E-state index is 0.0609. The summed E-state index contributed by atoms with van der Waals surface area (Å²) in [6.45, 7) is 2.55. The zero-order valence-corrected chi connectivity index (χ0v) is 10.9. The maximum absolute atomic E-state index is 11.8. The Balaban J connectivity index is 1.75. The molecule has 1 aromatic carbocycles. The van der Waals surface area contributed by atoms with Crippen molar-refractivity contribution in [2.45, 2.75) is 12.5 Å². The van der Waals surface area contributed by atoms with Gasteiger partial charge in [0, 0.05) is 24.7 Å². The Hall–Kier alpha value is -1.10. The van der Waals surface area contributed by atoms with Crippen molar-refractivity contribution in [3.8, 4) is 0 Å². The van der Waals surface area contributed by atoms with E-state index in [-0.39, 0.29) is 12.0 Å². The standard InChI is InChI=1S/C13H17ClN2O2/c14-11-4-2-1-3-10(11)5-6-16-13(17)12-9-15-7-8-18-12/h1-4,12,15H,5-9H2,(H,16,17). The van der Waals surface area contributed by atoms with Gasteiger partial charge in [-0.25, -0.2) is 0 Å². The van der Waals surface area contributed by atoms with Gasteiger partial charge in [0.05, 0.1) is 6.61 Å². The average Bonchev–Trinajstić information content (AvgIpc) is 2.42. The fourth-order valence-electron chi connectivity index (χ4n) is 1.87. The molecular formula is C13H17ClN2O2. The van der Waals surface area contributed by atoms with Gasteiger partial charge >= 0.3 is 0 Å². The summed E-state index contributed by atoms with van der Waals surface area (Å²) in [4.78, 5) is 11.8. The van der Waals surface area contributed by atoms with Crippen LogP contribution in [0.3, 0.4) is 0 Å². The van der Waals surface area contributed by atoms with Crippen molar-refractivity contribution < 1.29 is 9.53 Å². The molecule has 0 spiro atoms. The topological polar surface area (TPSA) is 50.4 Å². The third-order valence-electron chi connectivity index (χ3n) is 2.87. The Bertz CT molecular complexity index is 406. The number of morpholine rings is 1. The molecule has 1 aliphatic heterocycles. The molecule has 1 heterocycles. The predicted octanol–water partition coefficient (Wildman–Crippen LogP) is 0.987. The number of ether oxygens (including phenoxy) is 1. The largest absolute Gasteiger partial charge is 0.366 e. The molecule has 0 aromatic heterocycles. The molecule has 98 valence electrons. The molecule has 1 aromatic rings. The number of hydrogen-bond donors (Lipinski definition) is 2. The van der Waals surface area contributed by atoms with E-state index in [9.17, 15) is 4.79 Å². The molecule has 18 heavy (non-hydrogen) atoms. The number of rotatable bonds is 4. The van der Waals surface area contributed by atoms with E-state index in [0.29, 0.717) is 19.7 Å². The van der Waals surface area contributed by atoms with Crippen LogP contribution in [0.1, 0.15) is 5.56 Å². The van der Waals surface area contributed by atoms with Gasteiger partial charge in [0.15, 0.2) is 0 Å². The first-order valence-corrected chi connectivity index (χ1v) is 6.48. The molecule has 0 saturated carbocycles. The number of amides is 1. The molecule has 0 aliphatic carbocycles. The summed E-state index contributed by atoms with van der Waals surface area (Å²) in [7, 11) is 0. The van der Waals surface area contributed by atoms with Gasteiger partial charge in [-0.15, -0.1) is 0 Å². The molecule has 1 saturated heterocycles. The minimum atomic E-state index is -0.370. The minimum Gasteiger partial charge on any atom is -0.366 e. The Morgan fingerprint density at radius 1 is 1.50 bits per heavy atom. The summed E-state index contributed by atoms with van der Waals surface area (Å²) >= 11 is 6.04. The number of hydrogen-bond acceptors (Lipinski definition) is 3. The van der Waals surface area contributed by atoms with Gasteiger partial charge in [-0.1, -0.05) is 29.8 Å². The zero-order valence-electron chi connectivity index (χ0n) is 10.1. The highest BCUT2D eigenvalue weighted by molar-refractivity contribution is 6.31. The summed E-state index contributed by atoms with van der Waals surface area (Å²) in [6, 6.07) is 7.66. The summed E-state index contributed by atoms with van der Waals surface area (Å²) in [5.41, 5.74) is 1.04. The second kappa shape index (κ2) is 6.73. The van der Waals surface area contributed by atoms with Crippen molar-refractivity contribution in [2.75, 3.05) is 26.2 Å². The van der Waals surface area contributed by atoms with Crippen LogP contribution in [0, 0.1) is 0 Å². The van der Waals surface area contributed by atoms with Gasteiger partial charge in [-0.05, 0) is 18.1 Å². The quantitative estimate of drug-likeness (QED) is 0.856. The molecule has 0 radical (unpaired) electrons. The second-order valence-corrected chi connectivity index (χ2v) is 4.60. The smallest absolute Gasteiger partial charge is 0.250 e. The molecule has 5 heteroatoms. The Kier molecular flexibility index (Phi) is 4.99. The maximum Gasteiger partial charge on any atom is 0.250 e. The van der Waals surface area contributed by atoms with E-state index in [0.717, 1.165) is 23.6 Å². The molecule has 1 atom stereocenters. The molecule has 0 bridgehead atoms. The second-order valence-electron chi connectivity index (χ2n) is 4.20. The highest BCUT2D eigenvalue weighted by Crippen LogP contribution is 2.14. The third-order valence-corrected chi connectivity index (χ3v) is 3.24. The fourth-order valence-corrected chi connectivity index (χ4v) is 2.10. The highest BCUT2D eigenvalue weighted by Gasteiger charge is 2.20. The maximum atomic E-state index is 11.8. The first-order valence-electron chi connectivity index (χ1n) is 6.11. The monoisotopic (exact) mass is 268 g/mol. The van der Waals surface area contributed by atoms with Crippen molar-refractivity contribution in [3.63, 3.8) is 0 Å². The van der Waals surface area contributed by atoms with Crippen LogP contribution in [0.25, 0.3) is 0 Å². The van der Waals surface area contributed by atoms with Gasteiger partial charge in [0.25, 0.3) is 0 Å². The highest BCUT2D eigenvalue weighted by atomic mass is 35.5. The molecule has 1 amide bonds. The number of carbonyl (C=O) groups is 1. The van der Waals surface area contributed by atoms with Crippen LogP contribution < -0.4 is 10.6 Å². The lowest BCUT2D eigenvalue weighted by atomic mass is 10.1. The van der Waals surface area contributed by atoms with E-state index in [1.165, 1.54) is 0 Å². The van der Waals surface area contributed by atoms with Crippen LogP contribution in [-0.4, -0.2) is 38.3 Å². The van der Waals surface area contributed by atoms with Crippen LogP contribution in [0.2, 0.25) is 5.02 Å². The first kappa shape index (κ1) is 13.3. The molecule has 4 nitrogen and oxygen atoms in total. The van der Waals surface area contributed by atoms with Crippen LogP contribution in [0.15, 0.2) is 24.3 Å². The summed E-state index contributed by atoms with van der Waals surface area (Å²) in [6.07, 6.45) is 0.357. The Morgan fingerprint density at radius 3 is 3.06 bits per heavy atom. The van der Waals surface area contributed by atoms with Crippen LogP contribution in [-0.2, 0) is 16.0 Å². The molecule has 2 rings (SSSR count). The van der Waals surface area contributed by atoms with E-state index in [2.05, 4.69) is 10.6 Å². The van der Waals surface area contributed by atoms with Crippen LogP contribution >= 0.6 is 11.6 Å². The molecule has 1 unspecified atom stereocenters. The van der Waals surface area contributed by atoms with Crippen LogP contribution in [0.4, 0.5) is 0 Å². The SMILES string of the molecule is O=C(NCCc1ccccc1Cl)C1CNCCO1. The molecule has 1 fully saturated rings. The third kappa shape index (κ3) is 3.70. The predicted molar refractivity (Wildman–Crippen MR) is 70.8 cm³/mol. The summed E-state index contributed by atoms with van der Waals surface area (Å²) < 4.78 is 5.37.